The molecule has 0 heterocycles. The van der Waals surface area contributed by atoms with Gasteiger partial charge in [-0.25, -0.2) is 4.79 Å². The van der Waals surface area contributed by atoms with Gasteiger partial charge in [-0.2, -0.15) is 0 Å². The first kappa shape index (κ1) is 16.3. The molecule has 6 heteroatoms. The van der Waals surface area contributed by atoms with Gasteiger partial charge in [-0.1, -0.05) is 13.5 Å². The van der Waals surface area contributed by atoms with Gasteiger partial charge >= 0.3 is 11.9 Å². The van der Waals surface area contributed by atoms with Crippen molar-refractivity contribution >= 4 is 17.7 Å². The summed E-state index contributed by atoms with van der Waals surface area (Å²) in [5.74, 6) is -1.55. The van der Waals surface area contributed by atoms with Crippen molar-refractivity contribution in [1.82, 2.24) is 0 Å². The molecule has 0 aromatic rings. The first-order valence-corrected chi connectivity index (χ1v) is 5.52. The average Bonchev–Trinajstić information content (AvgIpc) is 2.35. The van der Waals surface area contributed by atoms with Crippen LogP contribution in [0.1, 0.15) is 19.8 Å². The van der Waals surface area contributed by atoms with E-state index in [4.69, 9.17) is 9.47 Å². The van der Waals surface area contributed by atoms with E-state index in [9.17, 15) is 14.4 Å². The maximum absolute atomic E-state index is 11.3. The lowest BCUT2D eigenvalue weighted by Crippen LogP contribution is -2.17. The number of Topliss-reactive ketones (excluding diaryl/α,β-unsaturated/α-hetero) is 1. The summed E-state index contributed by atoms with van der Waals surface area (Å²) in [6.45, 7) is 5.18. The summed E-state index contributed by atoms with van der Waals surface area (Å²) in [6.07, 6.45) is 0.0294. The summed E-state index contributed by atoms with van der Waals surface area (Å²) < 4.78 is 14.1. The Morgan fingerprint density at radius 2 is 1.78 bits per heavy atom. The molecule has 0 fully saturated rings. The summed E-state index contributed by atoms with van der Waals surface area (Å²) in [7, 11) is 1.48. The lowest BCUT2D eigenvalue weighted by molar-refractivity contribution is -0.148. The second kappa shape index (κ2) is 9.35. The molecule has 0 spiro atoms. The van der Waals surface area contributed by atoms with Crippen molar-refractivity contribution in [3.05, 3.63) is 12.2 Å². The number of methoxy groups -OCH3 is 1. The summed E-state index contributed by atoms with van der Waals surface area (Å²) >= 11 is 0. The zero-order valence-corrected chi connectivity index (χ0v) is 10.7. The van der Waals surface area contributed by atoms with E-state index in [1.165, 1.54) is 7.11 Å². The number of carbonyl (C=O) groups is 3. The van der Waals surface area contributed by atoms with Gasteiger partial charge in [0.15, 0.2) is 5.78 Å². The van der Waals surface area contributed by atoms with E-state index in [2.05, 4.69) is 11.3 Å². The Morgan fingerprint density at radius 1 is 1.11 bits per heavy atom. The van der Waals surface area contributed by atoms with E-state index in [0.29, 0.717) is 6.42 Å². The molecule has 0 rings (SSSR count). The molecule has 0 saturated heterocycles. The summed E-state index contributed by atoms with van der Waals surface area (Å²) in [5.41, 5.74) is -0.0404. The van der Waals surface area contributed by atoms with Gasteiger partial charge < -0.3 is 14.2 Å². The fourth-order valence-electron chi connectivity index (χ4n) is 0.886. The molecule has 0 aliphatic carbocycles. The third-order valence-electron chi connectivity index (χ3n) is 1.96. The minimum atomic E-state index is -0.763. The SMILES string of the molecule is C=C(CC(=O)OCCOC)C(=O)OCC(=O)CC. The van der Waals surface area contributed by atoms with Crippen LogP contribution in [0.15, 0.2) is 12.2 Å². The van der Waals surface area contributed by atoms with Gasteiger partial charge in [-0.05, 0) is 0 Å². The van der Waals surface area contributed by atoms with E-state index in [0.717, 1.165) is 0 Å². The second-order valence-electron chi connectivity index (χ2n) is 3.46. The van der Waals surface area contributed by atoms with Crippen LogP contribution in [0.4, 0.5) is 0 Å². The summed E-state index contributed by atoms with van der Waals surface area (Å²) in [5, 5.41) is 0. The van der Waals surface area contributed by atoms with Crippen molar-refractivity contribution in [2.24, 2.45) is 0 Å². The third-order valence-corrected chi connectivity index (χ3v) is 1.96. The largest absolute Gasteiger partial charge is 0.463 e. The minimum absolute atomic E-state index is 0.0404. The number of hydrogen-bond donors (Lipinski definition) is 0. The molecule has 0 bridgehead atoms. The van der Waals surface area contributed by atoms with Crippen LogP contribution in [0.3, 0.4) is 0 Å². The normalized spacial score (nSPS) is 9.67. The first-order valence-electron chi connectivity index (χ1n) is 5.52. The Labute approximate surface area is 106 Å². The zero-order chi connectivity index (χ0) is 14.0. The fraction of sp³-hybridized carbons (Fsp3) is 0.583. The molecule has 0 saturated carbocycles. The molecule has 6 nitrogen and oxygen atoms in total. The number of ketones is 1. The van der Waals surface area contributed by atoms with Gasteiger partial charge in [0.1, 0.15) is 13.2 Å². The molecule has 0 aliphatic rings. The number of carbonyl (C=O) groups excluding carboxylic acids is 3. The molecule has 0 atom stereocenters. The lowest BCUT2D eigenvalue weighted by atomic mass is 10.2. The molecular formula is C12H18O6. The van der Waals surface area contributed by atoms with Crippen LogP contribution in [0.2, 0.25) is 0 Å². The molecule has 0 aromatic carbocycles. The highest BCUT2D eigenvalue weighted by Crippen LogP contribution is 2.03. The Kier molecular flexibility index (Phi) is 8.47. The van der Waals surface area contributed by atoms with Gasteiger partial charge in [0, 0.05) is 19.1 Å². The lowest BCUT2D eigenvalue weighted by Gasteiger charge is -2.06. The molecule has 0 unspecified atom stereocenters. The number of rotatable bonds is 9. The van der Waals surface area contributed by atoms with Crippen molar-refractivity contribution in [1.29, 1.82) is 0 Å². The highest BCUT2D eigenvalue weighted by molar-refractivity contribution is 5.94. The standard InChI is InChI=1S/C12H18O6/c1-4-10(13)8-18-12(15)9(2)7-11(14)17-6-5-16-3/h2,4-8H2,1,3H3. The van der Waals surface area contributed by atoms with Crippen molar-refractivity contribution in [3.63, 3.8) is 0 Å². The molecule has 0 amide bonds. The van der Waals surface area contributed by atoms with Gasteiger partial charge in [-0.3, -0.25) is 9.59 Å². The van der Waals surface area contributed by atoms with Crippen LogP contribution in [0, 0.1) is 0 Å². The topological polar surface area (TPSA) is 78.9 Å². The van der Waals surface area contributed by atoms with Crippen LogP contribution in [0.25, 0.3) is 0 Å². The van der Waals surface area contributed by atoms with E-state index >= 15 is 0 Å². The minimum Gasteiger partial charge on any atom is -0.463 e. The van der Waals surface area contributed by atoms with Crippen LogP contribution >= 0.6 is 0 Å². The number of hydrogen-bond acceptors (Lipinski definition) is 6. The van der Waals surface area contributed by atoms with Crippen molar-refractivity contribution < 1.29 is 28.6 Å². The molecule has 0 radical (unpaired) electrons. The third kappa shape index (κ3) is 7.56. The van der Waals surface area contributed by atoms with Crippen LogP contribution in [-0.4, -0.2) is 44.7 Å². The van der Waals surface area contributed by atoms with Crippen molar-refractivity contribution in [2.45, 2.75) is 19.8 Å². The smallest absolute Gasteiger partial charge is 0.334 e. The van der Waals surface area contributed by atoms with Crippen molar-refractivity contribution in [3.8, 4) is 0 Å². The fourth-order valence-corrected chi connectivity index (χ4v) is 0.886. The maximum atomic E-state index is 11.3. The number of esters is 2. The van der Waals surface area contributed by atoms with E-state index < -0.39 is 11.9 Å². The molecule has 0 aliphatic heterocycles. The number of ether oxygens (including phenoxy) is 3. The summed E-state index contributed by atoms with van der Waals surface area (Å²) in [6, 6.07) is 0. The predicted octanol–water partition coefficient (Wildman–Crippen LogP) is 0.645. The zero-order valence-electron chi connectivity index (χ0n) is 10.7. The van der Waals surface area contributed by atoms with Gasteiger partial charge in [0.2, 0.25) is 0 Å². The monoisotopic (exact) mass is 258 g/mol. The second-order valence-corrected chi connectivity index (χ2v) is 3.46. The molecule has 18 heavy (non-hydrogen) atoms. The van der Waals surface area contributed by atoms with Crippen LogP contribution < -0.4 is 0 Å². The molecule has 0 N–H and O–H groups in total. The first-order chi connectivity index (χ1) is 8.51. The average molecular weight is 258 g/mol. The Balaban J connectivity index is 3.89. The Hall–Kier alpha value is -1.69. The molecule has 102 valence electrons. The quantitative estimate of drug-likeness (QED) is 0.343. The highest BCUT2D eigenvalue weighted by atomic mass is 16.6. The van der Waals surface area contributed by atoms with Crippen LogP contribution in [-0.2, 0) is 28.6 Å². The van der Waals surface area contributed by atoms with Gasteiger partial charge in [-0.15, -0.1) is 0 Å². The highest BCUT2D eigenvalue weighted by Gasteiger charge is 2.15. The summed E-state index contributed by atoms with van der Waals surface area (Å²) in [4.78, 5) is 33.5. The van der Waals surface area contributed by atoms with Gasteiger partial charge in [0.25, 0.3) is 0 Å². The predicted molar refractivity (Wildman–Crippen MR) is 62.8 cm³/mol. The van der Waals surface area contributed by atoms with E-state index in [1.54, 1.807) is 6.92 Å². The molecular weight excluding hydrogens is 240 g/mol. The Morgan fingerprint density at radius 3 is 2.33 bits per heavy atom. The van der Waals surface area contributed by atoms with Gasteiger partial charge in [0.05, 0.1) is 13.0 Å². The molecule has 0 aromatic heterocycles. The Bertz CT molecular complexity index is 321. The maximum Gasteiger partial charge on any atom is 0.334 e. The van der Waals surface area contributed by atoms with E-state index in [1.807, 2.05) is 0 Å². The van der Waals surface area contributed by atoms with Crippen molar-refractivity contribution in [2.75, 3.05) is 26.9 Å². The van der Waals surface area contributed by atoms with E-state index in [-0.39, 0.29) is 37.6 Å². The van der Waals surface area contributed by atoms with Crippen LogP contribution in [0.5, 0.6) is 0 Å².